The molecule has 168 valence electrons. The van der Waals surface area contributed by atoms with E-state index in [2.05, 4.69) is 9.97 Å². The Morgan fingerprint density at radius 2 is 1.67 bits per heavy atom. The van der Waals surface area contributed by atoms with E-state index >= 15 is 0 Å². The summed E-state index contributed by atoms with van der Waals surface area (Å²) >= 11 is 0. The highest BCUT2D eigenvalue weighted by atomic mass is 19.4. The van der Waals surface area contributed by atoms with E-state index in [0.29, 0.717) is 41.6 Å². The second kappa shape index (κ2) is 6.84. The van der Waals surface area contributed by atoms with E-state index in [0.717, 1.165) is 6.07 Å². The van der Waals surface area contributed by atoms with Crippen LogP contribution in [0.4, 0.5) is 19.0 Å². The van der Waals surface area contributed by atoms with E-state index in [-0.39, 0.29) is 24.7 Å². The van der Waals surface area contributed by atoms with Gasteiger partial charge in [-0.15, -0.1) is 0 Å². The molecule has 0 fully saturated rings. The topological polar surface area (TPSA) is 73.8 Å². The summed E-state index contributed by atoms with van der Waals surface area (Å²) in [5.74, 6) is 1.34. The van der Waals surface area contributed by atoms with Crippen molar-refractivity contribution in [2.24, 2.45) is 0 Å². The highest BCUT2D eigenvalue weighted by Gasteiger charge is 2.58. The molecule has 0 bridgehead atoms. The number of carbonyl (C=O) groups excluding carboxylic acids is 1. The van der Waals surface area contributed by atoms with Crippen LogP contribution in [0.2, 0.25) is 0 Å². The van der Waals surface area contributed by atoms with Crippen molar-refractivity contribution < 1.29 is 32.2 Å². The second-order valence-electron chi connectivity index (χ2n) is 7.95. The molecule has 1 unspecified atom stereocenters. The van der Waals surface area contributed by atoms with Gasteiger partial charge in [0.15, 0.2) is 11.5 Å². The molecule has 0 saturated heterocycles. The van der Waals surface area contributed by atoms with Crippen LogP contribution in [0.5, 0.6) is 17.2 Å². The summed E-state index contributed by atoms with van der Waals surface area (Å²) in [6.45, 7) is 0.396. The van der Waals surface area contributed by atoms with E-state index in [1.807, 2.05) is 0 Å². The zero-order chi connectivity index (χ0) is 22.8. The van der Waals surface area contributed by atoms with Crippen LogP contribution in [0.25, 0.3) is 0 Å². The van der Waals surface area contributed by atoms with Crippen LogP contribution in [-0.4, -0.2) is 35.7 Å². The van der Waals surface area contributed by atoms with Gasteiger partial charge in [-0.1, -0.05) is 6.07 Å². The third-order valence-corrected chi connectivity index (χ3v) is 6.16. The van der Waals surface area contributed by atoms with Crippen LogP contribution in [0.1, 0.15) is 22.4 Å². The molecular formula is C23H16F3N3O4. The van der Waals surface area contributed by atoms with Crippen LogP contribution in [0, 0.1) is 0 Å². The Bertz CT molecular complexity index is 1300. The molecule has 2 aromatic heterocycles. The molecule has 33 heavy (non-hydrogen) atoms. The number of benzene rings is 1. The van der Waals surface area contributed by atoms with Crippen molar-refractivity contribution in [3.8, 4) is 17.2 Å². The van der Waals surface area contributed by atoms with Gasteiger partial charge in [0.25, 0.3) is 0 Å². The molecule has 6 rings (SSSR count). The van der Waals surface area contributed by atoms with Gasteiger partial charge in [0, 0.05) is 29.6 Å². The maximum atomic E-state index is 13.9. The molecule has 1 atom stereocenters. The largest absolute Gasteiger partial charge is 0.491 e. The summed E-state index contributed by atoms with van der Waals surface area (Å²) in [6, 6.07) is 9.02. The van der Waals surface area contributed by atoms with Gasteiger partial charge < -0.3 is 14.2 Å². The highest BCUT2D eigenvalue weighted by Crippen LogP contribution is 2.54. The average molecular weight is 455 g/mol. The molecule has 0 saturated carbocycles. The molecule has 1 aromatic carbocycles. The molecule has 1 amide bonds. The first-order valence-electron chi connectivity index (χ1n) is 10.2. The Hall–Kier alpha value is -3.82. The molecule has 3 aromatic rings. The van der Waals surface area contributed by atoms with Crippen molar-refractivity contribution in [2.45, 2.75) is 18.1 Å². The van der Waals surface area contributed by atoms with Crippen LogP contribution in [-0.2, 0) is 22.9 Å². The summed E-state index contributed by atoms with van der Waals surface area (Å²) in [5, 5.41) is 0. The van der Waals surface area contributed by atoms with Gasteiger partial charge in [-0.05, 0) is 24.3 Å². The predicted molar refractivity (Wildman–Crippen MR) is 108 cm³/mol. The fourth-order valence-electron chi connectivity index (χ4n) is 4.69. The second-order valence-corrected chi connectivity index (χ2v) is 7.95. The first-order valence-corrected chi connectivity index (χ1v) is 10.2. The number of halogens is 3. The van der Waals surface area contributed by atoms with E-state index in [1.165, 1.54) is 23.4 Å². The smallest absolute Gasteiger partial charge is 0.418 e. The molecule has 1 spiro atoms. The fraction of sp³-hybridized carbons (Fsp3) is 0.261. The maximum absolute atomic E-state index is 13.9. The highest BCUT2D eigenvalue weighted by molar-refractivity contribution is 6.10. The van der Waals surface area contributed by atoms with Gasteiger partial charge >= 0.3 is 6.18 Å². The van der Waals surface area contributed by atoms with Crippen molar-refractivity contribution >= 4 is 11.7 Å². The molecule has 0 radical (unpaired) electrons. The molecule has 10 heteroatoms. The SMILES string of the molecule is O=C1N(Cc2ncccc2C(F)(F)F)c2ncccc2C12COc1cc3c(cc12)OCCO3. The lowest BCUT2D eigenvalue weighted by molar-refractivity contribution is -0.138. The monoisotopic (exact) mass is 455 g/mol. The fourth-order valence-corrected chi connectivity index (χ4v) is 4.69. The molecule has 5 heterocycles. The number of rotatable bonds is 2. The van der Waals surface area contributed by atoms with Crippen LogP contribution in [0.15, 0.2) is 48.8 Å². The molecule has 7 nitrogen and oxygen atoms in total. The third-order valence-electron chi connectivity index (χ3n) is 6.16. The number of hydrogen-bond acceptors (Lipinski definition) is 6. The molecule has 3 aliphatic rings. The minimum absolute atomic E-state index is 0.00635. The van der Waals surface area contributed by atoms with Gasteiger partial charge in [-0.2, -0.15) is 13.2 Å². The number of fused-ring (bicyclic) bond motifs is 5. The van der Waals surface area contributed by atoms with Crippen molar-refractivity contribution in [1.29, 1.82) is 0 Å². The standard InChI is InChI=1S/C23H16F3N3O4/c24-23(25,26)13-3-1-5-27-16(13)11-29-20-14(4-2-6-28-20)22(21(29)30)12-33-17-10-19-18(9-15(17)22)31-7-8-32-19/h1-6,9-10H,7-8,11-12H2. The zero-order valence-electron chi connectivity index (χ0n) is 17.1. The summed E-state index contributed by atoms with van der Waals surface area (Å²) in [7, 11) is 0. The number of amides is 1. The van der Waals surface area contributed by atoms with E-state index in [9.17, 15) is 18.0 Å². The summed E-state index contributed by atoms with van der Waals surface area (Å²) in [4.78, 5) is 23.4. The Morgan fingerprint density at radius 3 is 2.45 bits per heavy atom. The molecule has 3 aliphatic heterocycles. The van der Waals surface area contributed by atoms with Crippen LogP contribution >= 0.6 is 0 Å². The van der Waals surface area contributed by atoms with E-state index < -0.39 is 23.1 Å². The quantitative estimate of drug-likeness (QED) is 0.589. The van der Waals surface area contributed by atoms with E-state index in [1.54, 1.807) is 24.3 Å². The van der Waals surface area contributed by atoms with Crippen molar-refractivity contribution in [3.05, 3.63) is 71.2 Å². The lowest BCUT2D eigenvalue weighted by Gasteiger charge is -2.24. The molecule has 0 N–H and O–H groups in total. The van der Waals surface area contributed by atoms with E-state index in [4.69, 9.17) is 14.2 Å². The van der Waals surface area contributed by atoms with Gasteiger partial charge in [0.05, 0.1) is 17.8 Å². The van der Waals surface area contributed by atoms with Crippen molar-refractivity contribution in [1.82, 2.24) is 9.97 Å². The normalized spacial score (nSPS) is 20.6. The number of anilines is 1. The Morgan fingerprint density at radius 1 is 0.939 bits per heavy atom. The number of nitrogens with zero attached hydrogens (tertiary/aromatic N) is 3. The molecule has 0 aliphatic carbocycles. The average Bonchev–Trinajstić information content (AvgIpc) is 3.29. The Balaban J connectivity index is 1.48. The first kappa shape index (κ1) is 19.8. The zero-order valence-corrected chi connectivity index (χ0v) is 17.1. The third kappa shape index (κ3) is 2.79. The molecular weight excluding hydrogens is 439 g/mol. The number of carbonyl (C=O) groups is 1. The minimum atomic E-state index is -4.60. The number of pyridine rings is 2. The van der Waals surface area contributed by atoms with Crippen LogP contribution in [0.3, 0.4) is 0 Å². The summed E-state index contributed by atoms with van der Waals surface area (Å²) < 4.78 is 57.9. The van der Waals surface area contributed by atoms with Gasteiger partial charge in [0.2, 0.25) is 5.91 Å². The Kier molecular flexibility index (Phi) is 4.11. The summed E-state index contributed by atoms with van der Waals surface area (Å²) in [5.41, 5.74) is -1.25. The first-order chi connectivity index (χ1) is 15.9. The van der Waals surface area contributed by atoms with Gasteiger partial charge in [-0.25, -0.2) is 4.98 Å². The van der Waals surface area contributed by atoms with Crippen LogP contribution < -0.4 is 19.1 Å². The lowest BCUT2D eigenvalue weighted by Crippen LogP contribution is -2.42. The Labute approximate surface area is 185 Å². The number of ether oxygens (including phenoxy) is 3. The lowest BCUT2D eigenvalue weighted by atomic mass is 9.77. The summed E-state index contributed by atoms with van der Waals surface area (Å²) in [6.07, 6.45) is -1.82. The predicted octanol–water partition coefficient (Wildman–Crippen LogP) is 3.49. The maximum Gasteiger partial charge on any atom is 0.418 e. The van der Waals surface area contributed by atoms with Crippen molar-refractivity contribution in [3.63, 3.8) is 0 Å². The van der Waals surface area contributed by atoms with Gasteiger partial charge in [-0.3, -0.25) is 14.7 Å². The van der Waals surface area contributed by atoms with Gasteiger partial charge in [0.1, 0.15) is 36.8 Å². The number of alkyl halides is 3. The minimum Gasteiger partial charge on any atom is -0.491 e. The number of hydrogen-bond donors (Lipinski definition) is 0. The number of aromatic nitrogens is 2. The van der Waals surface area contributed by atoms with Crippen molar-refractivity contribution in [2.75, 3.05) is 24.7 Å².